The van der Waals surface area contributed by atoms with E-state index in [1.165, 1.54) is 13.1 Å². The maximum Gasteiger partial charge on any atom is 0.267 e. The summed E-state index contributed by atoms with van der Waals surface area (Å²) in [6.07, 6.45) is 1.39. The van der Waals surface area contributed by atoms with Crippen LogP contribution < -0.4 is 10.6 Å². The maximum absolute atomic E-state index is 12.2. The van der Waals surface area contributed by atoms with Crippen molar-refractivity contribution in [2.45, 2.75) is 20.8 Å². The fourth-order valence-corrected chi connectivity index (χ4v) is 2.19. The van der Waals surface area contributed by atoms with Gasteiger partial charge in [0.2, 0.25) is 0 Å². The van der Waals surface area contributed by atoms with E-state index in [9.17, 15) is 14.9 Å². The molecule has 0 heterocycles. The first-order valence-electron chi connectivity index (χ1n) is 7.77. The molecule has 2 rings (SSSR count). The first kappa shape index (κ1) is 18.0. The lowest BCUT2D eigenvalue weighted by Crippen LogP contribution is -2.14. The molecule has 1 amide bonds. The summed E-state index contributed by atoms with van der Waals surface area (Å²) >= 11 is 0. The third-order valence-corrected chi connectivity index (χ3v) is 3.89. The highest BCUT2D eigenvalue weighted by molar-refractivity contribution is 6.07. The van der Waals surface area contributed by atoms with Gasteiger partial charge in [-0.25, -0.2) is 0 Å². The van der Waals surface area contributed by atoms with Crippen molar-refractivity contribution in [3.05, 3.63) is 70.9 Å². The molecule has 2 aromatic rings. The average molecular weight is 333 g/mol. The zero-order valence-corrected chi connectivity index (χ0v) is 14.4. The van der Waals surface area contributed by atoms with Crippen molar-refractivity contribution < 1.29 is 9.59 Å². The molecule has 126 valence electrons. The second kappa shape index (κ2) is 7.93. The second-order valence-electron chi connectivity index (χ2n) is 5.65. The summed E-state index contributed by atoms with van der Waals surface area (Å²) in [5.74, 6) is -0.566. The van der Waals surface area contributed by atoms with Crippen LogP contribution in [-0.4, -0.2) is 11.7 Å². The van der Waals surface area contributed by atoms with Gasteiger partial charge in [0.15, 0.2) is 5.78 Å². The summed E-state index contributed by atoms with van der Waals surface area (Å²) in [5.41, 5.74) is 4.04. The summed E-state index contributed by atoms with van der Waals surface area (Å²) in [5, 5.41) is 14.9. The van der Waals surface area contributed by atoms with Crippen molar-refractivity contribution in [1.82, 2.24) is 0 Å². The number of hydrogen-bond donors (Lipinski definition) is 2. The number of Topliss-reactive ketones (excluding diaryl/α,β-unsaturated/α-hetero) is 1. The van der Waals surface area contributed by atoms with E-state index in [2.05, 4.69) is 10.6 Å². The lowest BCUT2D eigenvalue weighted by atomic mass is 10.1. The molecule has 0 radical (unpaired) electrons. The Hall–Kier alpha value is -3.39. The molecule has 2 N–H and O–H groups in total. The third kappa shape index (κ3) is 4.55. The van der Waals surface area contributed by atoms with Gasteiger partial charge in [-0.15, -0.1) is 0 Å². The number of carbonyl (C=O) groups is 2. The van der Waals surface area contributed by atoms with E-state index in [-0.39, 0.29) is 11.4 Å². The van der Waals surface area contributed by atoms with Crippen molar-refractivity contribution >= 4 is 23.1 Å². The zero-order valence-electron chi connectivity index (χ0n) is 14.4. The molecule has 0 saturated carbocycles. The SMILES string of the molecule is CC(=O)c1ccc(NC(=O)/C(C#N)=C\Nc2cccc(C)c2C)cc1. The van der Waals surface area contributed by atoms with Crippen molar-refractivity contribution in [1.29, 1.82) is 5.26 Å². The van der Waals surface area contributed by atoms with Gasteiger partial charge in [0.25, 0.3) is 5.91 Å². The number of benzene rings is 2. The minimum atomic E-state index is -0.518. The summed E-state index contributed by atoms with van der Waals surface area (Å²) < 4.78 is 0. The Kier molecular flexibility index (Phi) is 5.70. The number of nitriles is 1. The van der Waals surface area contributed by atoms with E-state index in [1.807, 2.05) is 38.1 Å². The highest BCUT2D eigenvalue weighted by Gasteiger charge is 2.10. The number of nitrogens with one attached hydrogen (secondary N) is 2. The van der Waals surface area contributed by atoms with Crippen LogP contribution >= 0.6 is 0 Å². The van der Waals surface area contributed by atoms with Crippen molar-refractivity contribution in [3.63, 3.8) is 0 Å². The van der Waals surface area contributed by atoms with Gasteiger partial charge in [0.1, 0.15) is 11.6 Å². The molecular weight excluding hydrogens is 314 g/mol. The highest BCUT2D eigenvalue weighted by atomic mass is 16.1. The number of anilines is 2. The predicted molar refractivity (Wildman–Crippen MR) is 98.3 cm³/mol. The molecule has 0 unspecified atom stereocenters. The number of nitrogens with zero attached hydrogens (tertiary/aromatic N) is 1. The molecule has 0 fully saturated rings. The van der Waals surface area contributed by atoms with E-state index in [0.29, 0.717) is 11.3 Å². The van der Waals surface area contributed by atoms with E-state index in [0.717, 1.165) is 16.8 Å². The zero-order chi connectivity index (χ0) is 18.4. The molecule has 0 bridgehead atoms. The number of hydrogen-bond acceptors (Lipinski definition) is 4. The molecule has 0 saturated heterocycles. The van der Waals surface area contributed by atoms with Crippen LogP contribution in [0.4, 0.5) is 11.4 Å². The van der Waals surface area contributed by atoms with Crippen LogP contribution in [0, 0.1) is 25.2 Å². The fourth-order valence-electron chi connectivity index (χ4n) is 2.19. The average Bonchev–Trinajstić information content (AvgIpc) is 2.59. The van der Waals surface area contributed by atoms with Gasteiger partial charge < -0.3 is 10.6 Å². The van der Waals surface area contributed by atoms with E-state index in [1.54, 1.807) is 24.3 Å². The largest absolute Gasteiger partial charge is 0.360 e. The summed E-state index contributed by atoms with van der Waals surface area (Å²) in [7, 11) is 0. The molecule has 2 aromatic carbocycles. The first-order chi connectivity index (χ1) is 11.9. The lowest BCUT2D eigenvalue weighted by molar-refractivity contribution is -0.112. The minimum absolute atomic E-state index is 0.0449. The smallest absolute Gasteiger partial charge is 0.267 e. The highest BCUT2D eigenvalue weighted by Crippen LogP contribution is 2.18. The third-order valence-electron chi connectivity index (χ3n) is 3.89. The molecule has 0 aliphatic heterocycles. The Bertz CT molecular complexity index is 875. The van der Waals surface area contributed by atoms with Gasteiger partial charge in [-0.1, -0.05) is 12.1 Å². The van der Waals surface area contributed by atoms with Gasteiger partial charge in [-0.3, -0.25) is 9.59 Å². The van der Waals surface area contributed by atoms with Crippen LogP contribution in [0.5, 0.6) is 0 Å². The van der Waals surface area contributed by atoms with E-state index < -0.39 is 5.91 Å². The molecule has 0 atom stereocenters. The monoisotopic (exact) mass is 333 g/mol. The molecule has 25 heavy (non-hydrogen) atoms. The maximum atomic E-state index is 12.2. The quantitative estimate of drug-likeness (QED) is 0.493. The van der Waals surface area contributed by atoms with Gasteiger partial charge in [0.05, 0.1) is 0 Å². The molecule has 0 aromatic heterocycles. The number of rotatable bonds is 5. The predicted octanol–water partition coefficient (Wildman–Crippen LogP) is 3.96. The van der Waals surface area contributed by atoms with E-state index in [4.69, 9.17) is 0 Å². The molecular formula is C20H19N3O2. The van der Waals surface area contributed by atoms with Crippen LogP contribution in [0.1, 0.15) is 28.4 Å². The normalized spacial score (nSPS) is 10.7. The van der Waals surface area contributed by atoms with Crippen LogP contribution in [-0.2, 0) is 4.79 Å². The molecule has 0 aliphatic carbocycles. The van der Waals surface area contributed by atoms with Crippen LogP contribution in [0.25, 0.3) is 0 Å². The van der Waals surface area contributed by atoms with Crippen LogP contribution in [0.3, 0.4) is 0 Å². The van der Waals surface area contributed by atoms with E-state index >= 15 is 0 Å². The molecule has 5 nitrogen and oxygen atoms in total. The summed E-state index contributed by atoms with van der Waals surface area (Å²) in [6.45, 7) is 5.43. The molecule has 5 heteroatoms. The summed E-state index contributed by atoms with van der Waals surface area (Å²) in [4.78, 5) is 23.5. The molecule has 0 spiro atoms. The van der Waals surface area contributed by atoms with Gasteiger partial charge in [-0.05, 0) is 62.2 Å². The Labute approximate surface area is 147 Å². The fraction of sp³-hybridized carbons (Fsp3) is 0.150. The first-order valence-corrected chi connectivity index (χ1v) is 7.77. The molecule has 0 aliphatic rings. The van der Waals surface area contributed by atoms with Crippen LogP contribution in [0.15, 0.2) is 54.2 Å². The standard InChI is InChI=1S/C20H19N3O2/c1-13-5-4-6-19(14(13)2)22-12-17(11-21)20(25)23-18-9-7-16(8-10-18)15(3)24/h4-10,12,22H,1-3H3,(H,23,25)/b17-12-. The summed E-state index contributed by atoms with van der Waals surface area (Å²) in [6, 6.07) is 14.2. The lowest BCUT2D eigenvalue weighted by Gasteiger charge is -2.09. The number of carbonyl (C=O) groups excluding carboxylic acids is 2. The minimum Gasteiger partial charge on any atom is -0.360 e. The number of amides is 1. The van der Waals surface area contributed by atoms with Gasteiger partial charge in [-0.2, -0.15) is 5.26 Å². The van der Waals surface area contributed by atoms with Crippen LogP contribution in [0.2, 0.25) is 0 Å². The van der Waals surface area contributed by atoms with Gasteiger partial charge in [0, 0.05) is 23.1 Å². The van der Waals surface area contributed by atoms with Crippen molar-refractivity contribution in [2.75, 3.05) is 10.6 Å². The topological polar surface area (TPSA) is 82.0 Å². The number of ketones is 1. The van der Waals surface area contributed by atoms with Crippen molar-refractivity contribution in [3.8, 4) is 6.07 Å². The number of aryl methyl sites for hydroxylation is 1. The Balaban J connectivity index is 2.11. The van der Waals surface area contributed by atoms with Gasteiger partial charge >= 0.3 is 0 Å². The van der Waals surface area contributed by atoms with Crippen molar-refractivity contribution in [2.24, 2.45) is 0 Å². The Morgan fingerprint density at radius 1 is 1.08 bits per heavy atom. The Morgan fingerprint density at radius 2 is 1.76 bits per heavy atom. The Morgan fingerprint density at radius 3 is 2.36 bits per heavy atom. The second-order valence-corrected chi connectivity index (χ2v) is 5.65.